The summed E-state index contributed by atoms with van der Waals surface area (Å²) < 4.78 is 12.9. The molecule has 2 nitrogen and oxygen atoms in total. The maximum absolute atomic E-state index is 6.62. The van der Waals surface area contributed by atoms with Gasteiger partial charge in [-0.2, -0.15) is 0 Å². The molecule has 3 rings (SSSR count). The number of rotatable bonds is 2. The van der Waals surface area contributed by atoms with Gasteiger partial charge >= 0.3 is 0 Å². The van der Waals surface area contributed by atoms with Crippen LogP contribution in [-0.2, 0) is 9.47 Å². The molecule has 3 heteroatoms. The zero-order valence-corrected chi connectivity index (χ0v) is 14.6. The van der Waals surface area contributed by atoms with Gasteiger partial charge in [0.15, 0.2) is 5.79 Å². The number of hydrogen-bond acceptors (Lipinski definition) is 2. The predicted molar refractivity (Wildman–Crippen MR) is 89.9 cm³/mol. The van der Waals surface area contributed by atoms with Gasteiger partial charge in [-0.25, -0.2) is 0 Å². The van der Waals surface area contributed by atoms with Crippen molar-refractivity contribution < 1.29 is 9.47 Å². The molecule has 0 amide bonds. The maximum atomic E-state index is 6.62. The van der Waals surface area contributed by atoms with E-state index in [1.807, 2.05) is 18.2 Å². The minimum absolute atomic E-state index is 0.0963. The molecule has 0 unspecified atom stereocenters. The van der Waals surface area contributed by atoms with Crippen molar-refractivity contribution in [2.45, 2.75) is 58.3 Å². The van der Waals surface area contributed by atoms with Gasteiger partial charge in [0, 0.05) is 23.8 Å². The van der Waals surface area contributed by atoms with Crippen molar-refractivity contribution in [3.63, 3.8) is 0 Å². The highest BCUT2D eigenvalue weighted by atomic mass is 35.5. The van der Waals surface area contributed by atoms with Crippen LogP contribution in [-0.4, -0.2) is 12.4 Å². The van der Waals surface area contributed by atoms with Gasteiger partial charge in [-0.3, -0.25) is 0 Å². The Morgan fingerprint density at radius 2 is 2.05 bits per heavy atom. The van der Waals surface area contributed by atoms with Crippen LogP contribution in [0.25, 0.3) is 0 Å². The number of halogens is 1. The molecule has 122 valence electrons. The zero-order valence-electron chi connectivity index (χ0n) is 13.8. The molecule has 1 aromatic rings. The predicted octanol–water partition coefficient (Wildman–Crippen LogP) is 5.61. The lowest BCUT2D eigenvalue weighted by Crippen LogP contribution is -2.52. The molecule has 0 aromatic heterocycles. The number of benzene rings is 1. The number of hydrogen-bond donors (Lipinski definition) is 0. The van der Waals surface area contributed by atoms with Gasteiger partial charge in [-0.05, 0) is 36.0 Å². The summed E-state index contributed by atoms with van der Waals surface area (Å²) in [7, 11) is 0. The Hall–Kier alpha value is -0.570. The largest absolute Gasteiger partial charge is 0.349 e. The Morgan fingerprint density at radius 1 is 1.23 bits per heavy atom. The number of ether oxygens (including phenoxy) is 2. The lowest BCUT2D eigenvalue weighted by atomic mass is 9.72. The Bertz CT molecular complexity index is 516. The van der Waals surface area contributed by atoms with Crippen LogP contribution in [0.5, 0.6) is 0 Å². The fourth-order valence-corrected chi connectivity index (χ4v) is 4.38. The van der Waals surface area contributed by atoms with Gasteiger partial charge < -0.3 is 9.47 Å². The highest BCUT2D eigenvalue weighted by molar-refractivity contribution is 6.30. The molecule has 1 saturated heterocycles. The van der Waals surface area contributed by atoms with E-state index >= 15 is 0 Å². The van der Waals surface area contributed by atoms with Gasteiger partial charge in [-0.1, -0.05) is 50.9 Å². The van der Waals surface area contributed by atoms with E-state index < -0.39 is 5.79 Å². The van der Waals surface area contributed by atoms with Gasteiger partial charge in [-0.15, -0.1) is 0 Å². The third-order valence-electron chi connectivity index (χ3n) is 5.26. The topological polar surface area (TPSA) is 18.5 Å². The van der Waals surface area contributed by atoms with Crippen molar-refractivity contribution in [1.82, 2.24) is 0 Å². The Morgan fingerprint density at radius 3 is 2.77 bits per heavy atom. The molecule has 2 fully saturated rings. The summed E-state index contributed by atoms with van der Waals surface area (Å²) in [6, 6.07) is 8.07. The monoisotopic (exact) mass is 322 g/mol. The molecule has 0 bridgehead atoms. The first-order valence-electron chi connectivity index (χ1n) is 8.57. The molecule has 1 heterocycles. The highest BCUT2D eigenvalue weighted by Gasteiger charge is 2.49. The molecule has 0 N–H and O–H groups in total. The van der Waals surface area contributed by atoms with E-state index in [4.69, 9.17) is 21.1 Å². The first-order valence-corrected chi connectivity index (χ1v) is 8.95. The fourth-order valence-electron chi connectivity index (χ4n) is 4.18. The van der Waals surface area contributed by atoms with E-state index in [1.165, 1.54) is 18.4 Å². The normalized spacial score (nSPS) is 36.0. The van der Waals surface area contributed by atoms with E-state index in [9.17, 15) is 0 Å². The highest BCUT2D eigenvalue weighted by Crippen LogP contribution is 2.49. The summed E-state index contributed by atoms with van der Waals surface area (Å²) in [5, 5.41) is 0.777. The lowest BCUT2D eigenvalue weighted by Gasteiger charge is -2.51. The van der Waals surface area contributed by atoms with Crippen molar-refractivity contribution in [3.8, 4) is 0 Å². The summed E-state index contributed by atoms with van der Waals surface area (Å²) in [6.07, 6.45) is 4.48. The van der Waals surface area contributed by atoms with Crippen LogP contribution < -0.4 is 0 Å². The Labute approximate surface area is 139 Å². The summed E-state index contributed by atoms with van der Waals surface area (Å²) in [4.78, 5) is 0. The van der Waals surface area contributed by atoms with Crippen LogP contribution in [0.1, 0.15) is 58.1 Å². The fraction of sp³-hybridized carbons (Fsp3) is 0.684. The van der Waals surface area contributed by atoms with E-state index in [0.29, 0.717) is 17.8 Å². The first kappa shape index (κ1) is 16.3. The minimum Gasteiger partial charge on any atom is -0.349 e. The lowest BCUT2D eigenvalue weighted by molar-refractivity contribution is -0.341. The van der Waals surface area contributed by atoms with Crippen LogP contribution in [0.15, 0.2) is 24.3 Å². The van der Waals surface area contributed by atoms with Crippen molar-refractivity contribution >= 4 is 11.6 Å². The molecular formula is C19H27ClO2. The van der Waals surface area contributed by atoms with Crippen LogP contribution in [0, 0.1) is 17.8 Å². The quantitative estimate of drug-likeness (QED) is 0.705. The minimum atomic E-state index is -0.406. The summed E-state index contributed by atoms with van der Waals surface area (Å²) in [5.41, 5.74) is 1.18. The van der Waals surface area contributed by atoms with Crippen LogP contribution in [0.3, 0.4) is 0 Å². The molecule has 22 heavy (non-hydrogen) atoms. The second-order valence-corrected chi connectivity index (χ2v) is 7.78. The molecule has 2 aliphatic rings. The summed E-state index contributed by atoms with van der Waals surface area (Å²) in [6.45, 7) is 7.66. The molecule has 1 saturated carbocycles. The molecule has 0 radical (unpaired) electrons. The molecule has 1 aromatic carbocycles. The third kappa shape index (κ3) is 3.20. The van der Waals surface area contributed by atoms with Crippen molar-refractivity contribution in [2.24, 2.45) is 17.8 Å². The zero-order chi connectivity index (χ0) is 15.7. The van der Waals surface area contributed by atoms with E-state index in [1.54, 1.807) is 0 Å². The molecule has 1 spiro atoms. The van der Waals surface area contributed by atoms with E-state index in [-0.39, 0.29) is 6.10 Å². The summed E-state index contributed by atoms with van der Waals surface area (Å²) >= 11 is 6.16. The standard InChI is InChI=1S/C19H27ClO2/c1-13(2)17-8-7-14(3)12-19(17)21-10-9-18(22-19)15-5-4-6-16(20)11-15/h4-6,11,13-14,17-18H,7-10,12H2,1-3H3/t14-,17+,18-,19+/m1/s1. The summed E-state index contributed by atoms with van der Waals surface area (Å²) in [5.74, 6) is 1.31. The third-order valence-corrected chi connectivity index (χ3v) is 5.50. The van der Waals surface area contributed by atoms with Gasteiger partial charge in [0.25, 0.3) is 0 Å². The van der Waals surface area contributed by atoms with Gasteiger partial charge in [0.05, 0.1) is 12.7 Å². The molecular weight excluding hydrogens is 296 g/mol. The second-order valence-electron chi connectivity index (χ2n) is 7.35. The second kappa shape index (κ2) is 6.51. The average Bonchev–Trinajstić information content (AvgIpc) is 2.47. The smallest absolute Gasteiger partial charge is 0.172 e. The average molecular weight is 323 g/mol. The van der Waals surface area contributed by atoms with Crippen LogP contribution in [0.2, 0.25) is 5.02 Å². The van der Waals surface area contributed by atoms with Crippen molar-refractivity contribution in [1.29, 1.82) is 0 Å². The Kier molecular flexibility index (Phi) is 4.82. The Balaban J connectivity index is 1.86. The molecule has 4 atom stereocenters. The molecule has 1 aliphatic carbocycles. The van der Waals surface area contributed by atoms with Gasteiger partial charge in [0.1, 0.15) is 0 Å². The van der Waals surface area contributed by atoms with Crippen molar-refractivity contribution in [2.75, 3.05) is 6.61 Å². The van der Waals surface area contributed by atoms with Gasteiger partial charge in [0.2, 0.25) is 0 Å². The van der Waals surface area contributed by atoms with Crippen LogP contribution in [0.4, 0.5) is 0 Å². The maximum Gasteiger partial charge on any atom is 0.172 e. The first-order chi connectivity index (χ1) is 10.5. The SMILES string of the molecule is CC(C)[C@@H]1CC[C@@H](C)C[C@@]12OCC[C@H](c1cccc(Cl)c1)O2. The van der Waals surface area contributed by atoms with E-state index in [0.717, 1.165) is 24.5 Å². The van der Waals surface area contributed by atoms with Crippen LogP contribution >= 0.6 is 11.6 Å². The van der Waals surface area contributed by atoms with E-state index in [2.05, 4.69) is 26.8 Å². The van der Waals surface area contributed by atoms with Crippen molar-refractivity contribution in [3.05, 3.63) is 34.9 Å². The molecule has 1 aliphatic heterocycles.